The van der Waals surface area contributed by atoms with Crippen LogP contribution in [0.4, 0.5) is 15.8 Å². The first-order valence-electron chi connectivity index (χ1n) is 5.55. The number of nitrogens with one attached hydrogen (secondary N) is 1. The number of nitrogens with zero attached hydrogens (tertiary/aromatic N) is 1. The summed E-state index contributed by atoms with van der Waals surface area (Å²) in [6.07, 6.45) is 0. The van der Waals surface area contributed by atoms with Crippen molar-refractivity contribution in [1.29, 1.82) is 0 Å². The molecule has 4 N–H and O–H groups in total. The zero-order valence-corrected chi connectivity index (χ0v) is 10.7. The van der Waals surface area contributed by atoms with Gasteiger partial charge in [0.2, 0.25) is 0 Å². The molecular weight excluding hydrogens is 237 g/mol. The van der Waals surface area contributed by atoms with E-state index in [1.165, 1.54) is 6.07 Å². The van der Waals surface area contributed by atoms with E-state index in [0.29, 0.717) is 6.54 Å². The zero-order chi connectivity index (χ0) is 13.9. The van der Waals surface area contributed by atoms with Crippen molar-refractivity contribution < 1.29 is 14.3 Å². The monoisotopic (exact) mass is 255 g/mol. The van der Waals surface area contributed by atoms with Gasteiger partial charge in [-0.2, -0.15) is 0 Å². The maximum Gasteiger partial charge on any atom is 0.337 e. The molecule has 1 aromatic rings. The fourth-order valence-electron chi connectivity index (χ4n) is 1.74. The lowest BCUT2D eigenvalue weighted by molar-refractivity contribution is 0.0698. The molecule has 0 spiro atoms. The number of aromatic carboxylic acids is 1. The molecule has 0 heterocycles. The quantitative estimate of drug-likeness (QED) is 0.694. The Kier molecular flexibility index (Phi) is 4.49. The van der Waals surface area contributed by atoms with Gasteiger partial charge in [0, 0.05) is 18.3 Å². The second-order valence-electron chi connectivity index (χ2n) is 4.53. The van der Waals surface area contributed by atoms with Crippen LogP contribution in [0.5, 0.6) is 0 Å². The van der Waals surface area contributed by atoms with Crippen LogP contribution in [0.3, 0.4) is 0 Å². The van der Waals surface area contributed by atoms with E-state index in [1.807, 2.05) is 25.9 Å². The molecule has 1 unspecified atom stereocenters. The van der Waals surface area contributed by atoms with Gasteiger partial charge in [0.05, 0.1) is 11.3 Å². The van der Waals surface area contributed by atoms with Gasteiger partial charge in [-0.15, -0.1) is 0 Å². The molecule has 0 saturated carbocycles. The first kappa shape index (κ1) is 14.2. The van der Waals surface area contributed by atoms with Gasteiger partial charge in [0.25, 0.3) is 0 Å². The van der Waals surface area contributed by atoms with Crippen molar-refractivity contribution in [3.8, 4) is 0 Å². The molecule has 0 aliphatic heterocycles. The molecule has 100 valence electrons. The van der Waals surface area contributed by atoms with E-state index in [1.54, 1.807) is 0 Å². The number of anilines is 2. The third-order valence-electron chi connectivity index (χ3n) is 2.41. The van der Waals surface area contributed by atoms with Crippen LogP contribution in [0.25, 0.3) is 0 Å². The van der Waals surface area contributed by atoms with Crippen molar-refractivity contribution in [2.45, 2.75) is 13.0 Å². The Morgan fingerprint density at radius 2 is 2.17 bits per heavy atom. The highest BCUT2D eigenvalue weighted by Crippen LogP contribution is 2.22. The zero-order valence-electron chi connectivity index (χ0n) is 10.7. The number of hydrogen-bond acceptors (Lipinski definition) is 4. The number of halogens is 1. The minimum atomic E-state index is -1.17. The summed E-state index contributed by atoms with van der Waals surface area (Å²) in [4.78, 5) is 12.9. The Labute approximate surface area is 105 Å². The molecule has 1 aromatic carbocycles. The molecule has 0 fully saturated rings. The van der Waals surface area contributed by atoms with E-state index in [-0.39, 0.29) is 23.0 Å². The minimum absolute atomic E-state index is 0.0141. The van der Waals surface area contributed by atoms with Crippen molar-refractivity contribution in [2.24, 2.45) is 0 Å². The molecule has 0 aromatic heterocycles. The van der Waals surface area contributed by atoms with Gasteiger partial charge in [0.15, 0.2) is 0 Å². The van der Waals surface area contributed by atoms with Crippen LogP contribution < -0.4 is 11.1 Å². The summed E-state index contributed by atoms with van der Waals surface area (Å²) in [6, 6.07) is 2.23. The molecule has 1 rings (SSSR count). The van der Waals surface area contributed by atoms with Gasteiger partial charge >= 0.3 is 5.97 Å². The summed E-state index contributed by atoms with van der Waals surface area (Å²) >= 11 is 0. The Balaban J connectivity index is 2.95. The predicted molar refractivity (Wildman–Crippen MR) is 69.4 cm³/mol. The number of nitrogens with two attached hydrogens (primary N) is 1. The molecule has 5 nitrogen and oxygen atoms in total. The summed E-state index contributed by atoms with van der Waals surface area (Å²) in [7, 11) is 3.81. The van der Waals surface area contributed by atoms with Gasteiger partial charge in [-0.3, -0.25) is 0 Å². The van der Waals surface area contributed by atoms with Crippen LogP contribution in [0, 0.1) is 5.82 Å². The van der Waals surface area contributed by atoms with Crippen molar-refractivity contribution in [2.75, 3.05) is 31.7 Å². The fraction of sp³-hybridized carbons (Fsp3) is 0.417. The number of carboxylic acids is 1. The van der Waals surface area contributed by atoms with Crippen LogP contribution in [-0.4, -0.2) is 42.7 Å². The Morgan fingerprint density at radius 1 is 1.56 bits per heavy atom. The molecule has 18 heavy (non-hydrogen) atoms. The topological polar surface area (TPSA) is 78.6 Å². The highest BCUT2D eigenvalue weighted by molar-refractivity contribution is 5.94. The van der Waals surface area contributed by atoms with E-state index >= 15 is 0 Å². The van der Waals surface area contributed by atoms with Gasteiger partial charge in [-0.05, 0) is 33.2 Å². The van der Waals surface area contributed by atoms with Crippen molar-refractivity contribution in [3.05, 3.63) is 23.5 Å². The van der Waals surface area contributed by atoms with E-state index in [4.69, 9.17) is 10.8 Å². The summed E-state index contributed by atoms with van der Waals surface area (Å²) < 4.78 is 13.6. The first-order chi connectivity index (χ1) is 8.31. The second-order valence-corrected chi connectivity index (χ2v) is 4.53. The first-order valence-corrected chi connectivity index (χ1v) is 5.55. The molecule has 1 atom stereocenters. The smallest absolute Gasteiger partial charge is 0.337 e. The average Bonchev–Trinajstić information content (AvgIpc) is 2.20. The summed E-state index contributed by atoms with van der Waals surface area (Å²) in [5.74, 6) is -1.72. The average molecular weight is 255 g/mol. The maximum atomic E-state index is 13.6. The number of carbonyl (C=O) groups is 1. The van der Waals surface area contributed by atoms with E-state index in [0.717, 1.165) is 6.07 Å². The Morgan fingerprint density at radius 3 is 2.67 bits per heavy atom. The maximum absolute atomic E-state index is 13.6. The van der Waals surface area contributed by atoms with Crippen molar-refractivity contribution in [1.82, 2.24) is 4.90 Å². The predicted octanol–water partition coefficient (Wildman–Crippen LogP) is 1.47. The minimum Gasteiger partial charge on any atom is -0.478 e. The lowest BCUT2D eigenvalue weighted by Gasteiger charge is -2.20. The van der Waals surface area contributed by atoms with Crippen LogP contribution in [-0.2, 0) is 0 Å². The lowest BCUT2D eigenvalue weighted by Crippen LogP contribution is -2.30. The van der Waals surface area contributed by atoms with Crippen LogP contribution in [0.1, 0.15) is 17.3 Å². The molecule has 0 radical (unpaired) electrons. The number of carboxylic acid groups (broad SMARTS) is 1. The SMILES string of the molecule is CC(CN(C)C)Nc1cc(C(=O)O)c(N)cc1F. The standard InChI is InChI=1S/C12H18FN3O2/c1-7(6-16(2)3)15-11-4-8(12(17)18)10(14)5-9(11)13/h4-5,7,15H,6,14H2,1-3H3,(H,17,18). The third-order valence-corrected chi connectivity index (χ3v) is 2.41. The third kappa shape index (κ3) is 3.59. The number of benzene rings is 1. The molecule has 0 aliphatic rings. The molecule has 0 aliphatic carbocycles. The van der Waals surface area contributed by atoms with Crippen molar-refractivity contribution >= 4 is 17.3 Å². The number of likely N-dealkylation sites (N-methyl/N-ethyl adjacent to an activating group) is 1. The van der Waals surface area contributed by atoms with Crippen molar-refractivity contribution in [3.63, 3.8) is 0 Å². The van der Waals surface area contributed by atoms with E-state index in [9.17, 15) is 9.18 Å². The van der Waals surface area contributed by atoms with Gasteiger partial charge in [-0.25, -0.2) is 9.18 Å². The number of nitrogen functional groups attached to an aromatic ring is 1. The summed E-state index contributed by atoms with van der Waals surface area (Å²) in [5.41, 5.74) is 5.42. The van der Waals surface area contributed by atoms with Crippen LogP contribution in [0.15, 0.2) is 12.1 Å². The second kappa shape index (κ2) is 5.68. The lowest BCUT2D eigenvalue weighted by atomic mass is 10.1. The molecule has 0 bridgehead atoms. The normalized spacial score (nSPS) is 12.5. The van der Waals surface area contributed by atoms with Gasteiger partial charge in [0.1, 0.15) is 5.82 Å². The van der Waals surface area contributed by atoms with Gasteiger partial charge in [-0.1, -0.05) is 0 Å². The fourth-order valence-corrected chi connectivity index (χ4v) is 1.74. The Bertz CT molecular complexity index is 449. The highest BCUT2D eigenvalue weighted by Gasteiger charge is 2.14. The number of hydrogen-bond donors (Lipinski definition) is 3. The summed E-state index contributed by atoms with van der Waals surface area (Å²) in [6.45, 7) is 2.59. The summed E-state index contributed by atoms with van der Waals surface area (Å²) in [5, 5.41) is 11.9. The molecule has 0 amide bonds. The molecule has 0 saturated heterocycles. The van der Waals surface area contributed by atoms with Crippen LogP contribution in [0.2, 0.25) is 0 Å². The van der Waals surface area contributed by atoms with E-state index < -0.39 is 11.8 Å². The van der Waals surface area contributed by atoms with Crippen LogP contribution >= 0.6 is 0 Å². The van der Waals surface area contributed by atoms with Gasteiger partial charge < -0.3 is 21.1 Å². The molecular formula is C12H18FN3O2. The molecule has 6 heteroatoms. The largest absolute Gasteiger partial charge is 0.478 e. The highest BCUT2D eigenvalue weighted by atomic mass is 19.1. The van der Waals surface area contributed by atoms with E-state index in [2.05, 4.69) is 5.32 Å². The Hall–Kier alpha value is -1.82. The number of rotatable bonds is 5.